The van der Waals surface area contributed by atoms with Gasteiger partial charge in [0.15, 0.2) is 5.69 Å². The molecule has 0 radical (unpaired) electrons. The van der Waals surface area contributed by atoms with Crippen molar-refractivity contribution in [2.75, 3.05) is 19.0 Å². The van der Waals surface area contributed by atoms with Gasteiger partial charge in [0.1, 0.15) is 12.3 Å². The van der Waals surface area contributed by atoms with Crippen molar-refractivity contribution in [2.24, 2.45) is 0 Å². The number of hydrogen-bond acceptors (Lipinski definition) is 4. The maximum absolute atomic E-state index is 12.9. The molecule has 0 fully saturated rings. The molecule has 0 aliphatic rings. The van der Waals surface area contributed by atoms with E-state index in [0.717, 1.165) is 10.9 Å². The zero-order chi connectivity index (χ0) is 17.7. The molecule has 2 N–H and O–H groups in total. The Bertz CT molecular complexity index is 713. The summed E-state index contributed by atoms with van der Waals surface area (Å²) >= 11 is 0. The minimum atomic E-state index is -4.64. The van der Waals surface area contributed by atoms with E-state index in [2.05, 4.69) is 10.4 Å². The number of carbonyl (C=O) groups excluding carboxylic acids is 1. The van der Waals surface area contributed by atoms with E-state index in [4.69, 9.17) is 9.84 Å². The van der Waals surface area contributed by atoms with Gasteiger partial charge in [-0.15, -0.1) is 0 Å². The summed E-state index contributed by atoms with van der Waals surface area (Å²) in [6.45, 7) is -0.839. The number of methoxy groups -OCH3 is 1. The molecule has 2 aromatic rings. The highest BCUT2D eigenvalue weighted by Gasteiger charge is 2.37. The Hall–Kier alpha value is -2.55. The third kappa shape index (κ3) is 4.25. The minimum absolute atomic E-state index is 0.157. The van der Waals surface area contributed by atoms with Crippen LogP contribution in [-0.4, -0.2) is 34.5 Å². The number of aliphatic hydroxyl groups excluding tert-OH is 1. The summed E-state index contributed by atoms with van der Waals surface area (Å²) in [5.74, 6) is -0.116. The molecule has 0 aliphatic carbocycles. The van der Waals surface area contributed by atoms with Crippen LogP contribution in [0, 0.1) is 0 Å². The Labute approximate surface area is 135 Å². The number of benzene rings is 1. The normalized spacial score (nSPS) is 11.4. The van der Waals surface area contributed by atoms with Gasteiger partial charge in [-0.1, -0.05) is 12.1 Å². The Kier molecular flexibility index (Phi) is 5.45. The summed E-state index contributed by atoms with van der Waals surface area (Å²) in [7, 11) is 1.44. The Balaban J connectivity index is 2.14. The van der Waals surface area contributed by atoms with Crippen molar-refractivity contribution in [3.8, 4) is 5.75 Å². The van der Waals surface area contributed by atoms with E-state index < -0.39 is 30.9 Å². The number of amides is 1. The van der Waals surface area contributed by atoms with Crippen LogP contribution in [0.5, 0.6) is 5.75 Å². The number of anilines is 1. The molecule has 6 nitrogen and oxygen atoms in total. The van der Waals surface area contributed by atoms with Gasteiger partial charge in [-0.25, -0.2) is 0 Å². The lowest BCUT2D eigenvalue weighted by molar-refractivity contribution is -0.142. The van der Waals surface area contributed by atoms with E-state index >= 15 is 0 Å². The van der Waals surface area contributed by atoms with Crippen molar-refractivity contribution in [3.05, 3.63) is 41.7 Å². The van der Waals surface area contributed by atoms with Gasteiger partial charge in [0.2, 0.25) is 5.91 Å². The number of alkyl halides is 3. The number of aliphatic hydroxyl groups is 1. The predicted octanol–water partition coefficient (Wildman–Crippen LogP) is 2.08. The molecule has 9 heteroatoms. The number of nitrogens with zero attached hydrogens (tertiary/aromatic N) is 2. The van der Waals surface area contributed by atoms with Crippen LogP contribution in [0.4, 0.5) is 18.9 Å². The first-order chi connectivity index (χ1) is 11.3. The summed E-state index contributed by atoms with van der Waals surface area (Å²) in [5.41, 5.74) is -0.847. The molecule has 0 atom stereocenters. The fourth-order valence-electron chi connectivity index (χ4n) is 2.17. The van der Waals surface area contributed by atoms with Crippen molar-refractivity contribution in [1.82, 2.24) is 9.78 Å². The highest BCUT2D eigenvalue weighted by molar-refractivity contribution is 5.92. The number of rotatable bonds is 6. The van der Waals surface area contributed by atoms with Crippen LogP contribution in [0.3, 0.4) is 0 Å². The topological polar surface area (TPSA) is 76.4 Å². The molecule has 0 bridgehead atoms. The van der Waals surface area contributed by atoms with Crippen LogP contribution >= 0.6 is 0 Å². The van der Waals surface area contributed by atoms with Gasteiger partial charge in [-0.05, 0) is 18.6 Å². The molecule has 0 aliphatic heterocycles. The van der Waals surface area contributed by atoms with Gasteiger partial charge >= 0.3 is 6.18 Å². The number of hydrogen-bond donors (Lipinski definition) is 2. The van der Waals surface area contributed by atoms with Crippen molar-refractivity contribution in [1.29, 1.82) is 0 Å². The second kappa shape index (κ2) is 7.35. The molecule has 1 amide bonds. The SMILES string of the molecule is COc1ccccc1NC(=O)Cn1cc(CCO)c(C(F)(F)F)n1. The van der Waals surface area contributed by atoms with Crippen LogP contribution in [0.1, 0.15) is 11.3 Å². The fraction of sp³-hybridized carbons (Fsp3) is 0.333. The number of aromatic nitrogens is 2. The lowest BCUT2D eigenvalue weighted by Crippen LogP contribution is -2.20. The maximum atomic E-state index is 12.9. The highest BCUT2D eigenvalue weighted by atomic mass is 19.4. The minimum Gasteiger partial charge on any atom is -0.495 e. The molecule has 0 saturated heterocycles. The second-order valence-corrected chi connectivity index (χ2v) is 4.92. The maximum Gasteiger partial charge on any atom is 0.435 e. The fourth-order valence-corrected chi connectivity index (χ4v) is 2.17. The summed E-state index contributed by atoms with van der Waals surface area (Å²) in [6, 6.07) is 6.66. The smallest absolute Gasteiger partial charge is 0.435 e. The van der Waals surface area contributed by atoms with E-state index in [9.17, 15) is 18.0 Å². The van der Waals surface area contributed by atoms with Crippen LogP contribution in [-0.2, 0) is 23.9 Å². The van der Waals surface area contributed by atoms with Gasteiger partial charge in [0.25, 0.3) is 0 Å². The van der Waals surface area contributed by atoms with Crippen LogP contribution in [0.15, 0.2) is 30.5 Å². The molecule has 0 saturated carbocycles. The average Bonchev–Trinajstić information content (AvgIpc) is 2.91. The Morgan fingerprint density at radius 2 is 2.08 bits per heavy atom. The highest BCUT2D eigenvalue weighted by Crippen LogP contribution is 2.31. The molecule has 0 unspecified atom stereocenters. The van der Waals surface area contributed by atoms with Crippen LogP contribution < -0.4 is 10.1 Å². The molecule has 130 valence electrons. The van der Waals surface area contributed by atoms with Gasteiger partial charge in [-0.3, -0.25) is 9.48 Å². The van der Waals surface area contributed by atoms with Gasteiger partial charge in [0.05, 0.1) is 12.8 Å². The van der Waals surface area contributed by atoms with E-state index in [1.54, 1.807) is 24.3 Å². The second-order valence-electron chi connectivity index (χ2n) is 4.92. The van der Waals surface area contributed by atoms with Gasteiger partial charge < -0.3 is 15.2 Å². The van der Waals surface area contributed by atoms with Crippen molar-refractivity contribution in [3.63, 3.8) is 0 Å². The summed E-state index contributed by atoms with van der Waals surface area (Å²) in [4.78, 5) is 12.0. The van der Waals surface area contributed by atoms with Crippen LogP contribution in [0.25, 0.3) is 0 Å². The van der Waals surface area contributed by atoms with E-state index in [0.29, 0.717) is 11.4 Å². The zero-order valence-electron chi connectivity index (χ0n) is 12.8. The van der Waals surface area contributed by atoms with Gasteiger partial charge in [0, 0.05) is 18.4 Å². The summed E-state index contributed by atoms with van der Waals surface area (Å²) < 4.78 is 44.7. The zero-order valence-corrected chi connectivity index (χ0v) is 12.8. The van der Waals surface area contributed by atoms with E-state index in [1.807, 2.05) is 0 Å². The molecule has 1 aromatic heterocycles. The Morgan fingerprint density at radius 1 is 1.38 bits per heavy atom. The number of nitrogens with one attached hydrogen (secondary N) is 1. The summed E-state index contributed by atoms with van der Waals surface area (Å²) in [5, 5.41) is 14.8. The van der Waals surface area contributed by atoms with E-state index in [-0.39, 0.29) is 12.0 Å². The number of ether oxygens (including phenoxy) is 1. The molecule has 1 heterocycles. The number of para-hydroxylation sites is 2. The summed E-state index contributed by atoms with van der Waals surface area (Å²) in [6.07, 6.45) is -3.72. The average molecular weight is 343 g/mol. The number of carbonyl (C=O) groups is 1. The lowest BCUT2D eigenvalue weighted by Gasteiger charge is -2.09. The first-order valence-corrected chi connectivity index (χ1v) is 7.02. The molecule has 24 heavy (non-hydrogen) atoms. The molecule has 1 aromatic carbocycles. The molecular formula is C15H16F3N3O3. The first-order valence-electron chi connectivity index (χ1n) is 7.02. The van der Waals surface area contributed by atoms with Crippen molar-refractivity contribution in [2.45, 2.75) is 19.1 Å². The quantitative estimate of drug-likeness (QED) is 0.842. The Morgan fingerprint density at radius 3 is 2.71 bits per heavy atom. The van der Waals surface area contributed by atoms with Gasteiger partial charge in [-0.2, -0.15) is 18.3 Å². The van der Waals surface area contributed by atoms with Crippen molar-refractivity contribution >= 4 is 11.6 Å². The van der Waals surface area contributed by atoms with Crippen molar-refractivity contribution < 1.29 is 27.8 Å². The monoisotopic (exact) mass is 343 g/mol. The third-order valence-electron chi connectivity index (χ3n) is 3.17. The molecular weight excluding hydrogens is 327 g/mol. The van der Waals surface area contributed by atoms with Crippen LogP contribution in [0.2, 0.25) is 0 Å². The molecule has 0 spiro atoms. The molecule has 2 rings (SSSR count). The lowest BCUT2D eigenvalue weighted by atomic mass is 10.2. The third-order valence-corrected chi connectivity index (χ3v) is 3.17. The predicted molar refractivity (Wildman–Crippen MR) is 79.6 cm³/mol. The largest absolute Gasteiger partial charge is 0.495 e. The number of halogens is 3. The van der Waals surface area contributed by atoms with E-state index in [1.165, 1.54) is 7.11 Å². The standard InChI is InChI=1S/C15H16F3N3O3/c1-24-12-5-3-2-4-11(12)19-13(23)9-21-8-10(6-7-22)14(20-21)15(16,17)18/h2-5,8,22H,6-7,9H2,1H3,(H,19,23). The first kappa shape index (κ1) is 17.8.